The topological polar surface area (TPSA) is 35.8 Å². The molecule has 0 bridgehead atoms. The normalized spacial score (nSPS) is 39.8. The van der Waals surface area contributed by atoms with E-state index in [2.05, 4.69) is 11.3 Å². The van der Waals surface area contributed by atoms with E-state index in [0.29, 0.717) is 5.92 Å². The Balaban J connectivity index is 1.85. The maximum Gasteiger partial charge on any atom is 0.0540 e. The first-order chi connectivity index (χ1) is 6.25. The number of hydrogen-bond donors (Lipinski definition) is 1. The van der Waals surface area contributed by atoms with Crippen molar-refractivity contribution >= 4 is 6.21 Å². The lowest BCUT2D eigenvalue weighted by atomic mass is 9.79. The van der Waals surface area contributed by atoms with Crippen LogP contribution < -0.4 is 0 Å². The van der Waals surface area contributed by atoms with Crippen molar-refractivity contribution in [1.29, 1.82) is 0 Å². The van der Waals surface area contributed by atoms with Gasteiger partial charge in [0.2, 0.25) is 0 Å². The first kappa shape index (κ1) is 9.00. The van der Waals surface area contributed by atoms with Crippen molar-refractivity contribution in [3.8, 4) is 0 Å². The quantitative estimate of drug-likeness (QED) is 0.659. The summed E-state index contributed by atoms with van der Waals surface area (Å²) < 4.78 is 0. The van der Waals surface area contributed by atoms with Gasteiger partial charge in [0.05, 0.1) is 6.10 Å². The van der Waals surface area contributed by atoms with Gasteiger partial charge < -0.3 is 5.11 Å². The molecule has 0 spiro atoms. The van der Waals surface area contributed by atoms with Gasteiger partial charge in [0.25, 0.3) is 0 Å². The van der Waals surface area contributed by atoms with Gasteiger partial charge in [-0.1, -0.05) is 0 Å². The summed E-state index contributed by atoms with van der Waals surface area (Å²) in [7, 11) is 2.02. The largest absolute Gasteiger partial charge is 0.393 e. The summed E-state index contributed by atoms with van der Waals surface area (Å²) >= 11 is 0. The van der Waals surface area contributed by atoms with Crippen molar-refractivity contribution in [3.05, 3.63) is 0 Å². The van der Waals surface area contributed by atoms with Crippen LogP contribution in [0.2, 0.25) is 0 Å². The second kappa shape index (κ2) is 3.66. The Kier molecular flexibility index (Phi) is 2.54. The monoisotopic (exact) mass is 182 g/mol. The third kappa shape index (κ3) is 2.02. The Bertz CT molecular complexity index is 197. The van der Waals surface area contributed by atoms with Gasteiger partial charge in [0.1, 0.15) is 0 Å². The van der Waals surface area contributed by atoms with E-state index in [0.717, 1.165) is 25.3 Å². The molecule has 1 saturated carbocycles. The van der Waals surface area contributed by atoms with E-state index < -0.39 is 0 Å². The van der Waals surface area contributed by atoms with E-state index in [-0.39, 0.29) is 6.10 Å². The lowest BCUT2D eigenvalue weighted by molar-refractivity contribution is 0.0983. The minimum atomic E-state index is -0.0349. The van der Waals surface area contributed by atoms with E-state index in [1.165, 1.54) is 12.8 Å². The Morgan fingerprint density at radius 3 is 2.54 bits per heavy atom. The van der Waals surface area contributed by atoms with Crippen LogP contribution >= 0.6 is 0 Å². The average molecular weight is 182 g/mol. The van der Waals surface area contributed by atoms with Gasteiger partial charge in [-0.25, -0.2) is 0 Å². The highest BCUT2D eigenvalue weighted by Gasteiger charge is 2.28. The summed E-state index contributed by atoms with van der Waals surface area (Å²) in [6.07, 6.45) is 6.37. The molecule has 0 aromatic heterocycles. The lowest BCUT2D eigenvalue weighted by Gasteiger charge is -2.28. The number of nitrogens with zero attached hydrogens (tertiary/aromatic N) is 2. The molecule has 1 unspecified atom stereocenters. The van der Waals surface area contributed by atoms with Crippen LogP contribution in [0.15, 0.2) is 5.10 Å². The van der Waals surface area contributed by atoms with Gasteiger partial charge in [-0.15, -0.1) is 0 Å². The summed E-state index contributed by atoms with van der Waals surface area (Å²) in [4.78, 5) is 0. The fourth-order valence-electron chi connectivity index (χ4n) is 2.40. The average Bonchev–Trinajstić information content (AvgIpc) is 2.53. The lowest BCUT2D eigenvalue weighted by Crippen LogP contribution is -2.27. The Morgan fingerprint density at radius 2 is 2.00 bits per heavy atom. The SMILES string of the molecule is CN1CC([C@H]2CC[C@@H](O)CC2)C=N1. The molecular weight excluding hydrogens is 164 g/mol. The second-order valence-electron chi connectivity index (χ2n) is 4.34. The molecule has 1 aliphatic heterocycles. The number of hydrogen-bond acceptors (Lipinski definition) is 3. The summed E-state index contributed by atoms with van der Waals surface area (Å²) in [5.41, 5.74) is 0. The molecule has 1 fully saturated rings. The smallest absolute Gasteiger partial charge is 0.0540 e. The van der Waals surface area contributed by atoms with Gasteiger partial charge in [-0.05, 0) is 31.6 Å². The summed E-state index contributed by atoms with van der Waals surface area (Å²) in [6.45, 7) is 1.07. The Morgan fingerprint density at radius 1 is 1.31 bits per heavy atom. The van der Waals surface area contributed by atoms with E-state index in [9.17, 15) is 5.11 Å². The second-order valence-corrected chi connectivity index (χ2v) is 4.34. The van der Waals surface area contributed by atoms with Crippen molar-refractivity contribution in [2.75, 3.05) is 13.6 Å². The summed E-state index contributed by atoms with van der Waals surface area (Å²) in [5.74, 6) is 1.40. The van der Waals surface area contributed by atoms with Crippen LogP contribution in [0.1, 0.15) is 25.7 Å². The van der Waals surface area contributed by atoms with Gasteiger partial charge in [0, 0.05) is 25.7 Å². The van der Waals surface area contributed by atoms with Gasteiger partial charge >= 0.3 is 0 Å². The van der Waals surface area contributed by atoms with E-state index >= 15 is 0 Å². The van der Waals surface area contributed by atoms with Crippen LogP contribution in [0.3, 0.4) is 0 Å². The minimum Gasteiger partial charge on any atom is -0.393 e. The molecule has 2 aliphatic rings. The minimum absolute atomic E-state index is 0.0349. The molecule has 1 aliphatic carbocycles. The maximum absolute atomic E-state index is 9.38. The molecule has 2 rings (SSSR count). The molecule has 1 N–H and O–H groups in total. The fourth-order valence-corrected chi connectivity index (χ4v) is 2.40. The van der Waals surface area contributed by atoms with E-state index in [4.69, 9.17) is 0 Å². The first-order valence-corrected chi connectivity index (χ1v) is 5.19. The Hall–Kier alpha value is -0.570. The molecule has 0 aromatic carbocycles. The van der Waals surface area contributed by atoms with E-state index in [1.807, 2.05) is 12.1 Å². The van der Waals surface area contributed by atoms with Crippen molar-refractivity contribution < 1.29 is 5.11 Å². The van der Waals surface area contributed by atoms with Crippen LogP contribution in [0.4, 0.5) is 0 Å². The van der Waals surface area contributed by atoms with Gasteiger partial charge in [-0.2, -0.15) is 5.10 Å². The highest BCUT2D eigenvalue weighted by atomic mass is 16.3. The molecule has 0 amide bonds. The van der Waals surface area contributed by atoms with Gasteiger partial charge in [-0.3, -0.25) is 5.01 Å². The summed E-state index contributed by atoms with van der Waals surface area (Å²) in [5, 5.41) is 15.6. The molecule has 3 nitrogen and oxygen atoms in total. The highest BCUT2D eigenvalue weighted by Crippen LogP contribution is 2.31. The van der Waals surface area contributed by atoms with Crippen LogP contribution in [0, 0.1) is 11.8 Å². The van der Waals surface area contributed by atoms with Crippen molar-refractivity contribution in [3.63, 3.8) is 0 Å². The summed E-state index contributed by atoms with van der Waals surface area (Å²) in [6, 6.07) is 0. The highest BCUT2D eigenvalue weighted by molar-refractivity contribution is 5.63. The van der Waals surface area contributed by atoms with Crippen LogP contribution in [-0.2, 0) is 0 Å². The number of aliphatic hydroxyl groups is 1. The molecule has 0 aromatic rings. The van der Waals surface area contributed by atoms with Crippen molar-refractivity contribution in [2.24, 2.45) is 16.9 Å². The number of rotatable bonds is 1. The zero-order valence-corrected chi connectivity index (χ0v) is 8.19. The molecule has 1 heterocycles. The molecule has 3 heteroatoms. The fraction of sp³-hybridized carbons (Fsp3) is 0.900. The zero-order valence-electron chi connectivity index (χ0n) is 8.19. The van der Waals surface area contributed by atoms with Crippen LogP contribution in [0.5, 0.6) is 0 Å². The molecule has 0 saturated heterocycles. The molecule has 1 atom stereocenters. The third-order valence-corrected chi connectivity index (χ3v) is 3.28. The predicted molar refractivity (Wildman–Crippen MR) is 52.6 cm³/mol. The number of aliphatic hydroxyl groups excluding tert-OH is 1. The molecule has 74 valence electrons. The van der Waals surface area contributed by atoms with Crippen molar-refractivity contribution in [2.45, 2.75) is 31.8 Å². The van der Waals surface area contributed by atoms with Crippen LogP contribution in [0.25, 0.3) is 0 Å². The van der Waals surface area contributed by atoms with E-state index in [1.54, 1.807) is 0 Å². The predicted octanol–water partition coefficient (Wildman–Crippen LogP) is 1.08. The van der Waals surface area contributed by atoms with Gasteiger partial charge in [0.15, 0.2) is 0 Å². The van der Waals surface area contributed by atoms with Crippen LogP contribution in [-0.4, -0.2) is 36.0 Å². The molecular formula is C10H18N2O. The standard InChI is InChI=1S/C10H18N2O/c1-12-7-9(6-11-12)8-2-4-10(13)5-3-8/h6,8-10,13H,2-5,7H2,1H3/t8-,9?,10+. The zero-order chi connectivity index (χ0) is 9.26. The maximum atomic E-state index is 9.38. The molecule has 0 radical (unpaired) electrons. The third-order valence-electron chi connectivity index (χ3n) is 3.28. The first-order valence-electron chi connectivity index (χ1n) is 5.19. The van der Waals surface area contributed by atoms with Crippen molar-refractivity contribution in [1.82, 2.24) is 5.01 Å². The number of hydrazone groups is 1. The molecule has 13 heavy (non-hydrogen) atoms. The Labute approximate surface area is 79.4 Å².